The van der Waals surface area contributed by atoms with Gasteiger partial charge in [-0.2, -0.15) is 26.3 Å². The third-order valence-electron chi connectivity index (χ3n) is 3.12. The number of hydrogen-bond acceptors (Lipinski definition) is 2. The molecule has 0 atom stereocenters. The second kappa shape index (κ2) is 6.47. The minimum atomic E-state index is -5.00. The van der Waals surface area contributed by atoms with Crippen LogP contribution in [-0.4, -0.2) is 11.0 Å². The first-order chi connectivity index (χ1) is 11.4. The van der Waals surface area contributed by atoms with Crippen molar-refractivity contribution in [1.29, 1.82) is 0 Å². The maximum Gasteiger partial charge on any atom is 0.418 e. The van der Waals surface area contributed by atoms with Crippen molar-refractivity contribution in [1.82, 2.24) is 0 Å². The van der Waals surface area contributed by atoms with E-state index < -0.39 is 46.4 Å². The number of nitrogens with one attached hydrogen (secondary N) is 1. The summed E-state index contributed by atoms with van der Waals surface area (Å²) in [5.41, 5.74) is -4.51. The van der Waals surface area contributed by atoms with Gasteiger partial charge in [-0.15, -0.1) is 0 Å². The fraction of sp³-hybridized carbons (Fsp3) is 0.133. The summed E-state index contributed by atoms with van der Waals surface area (Å²) in [6.45, 7) is 0. The normalized spacial score (nSPS) is 12.1. The zero-order valence-corrected chi connectivity index (χ0v) is 12.7. The molecule has 2 aromatic carbocycles. The van der Waals surface area contributed by atoms with Crippen LogP contribution >= 0.6 is 11.6 Å². The first-order valence-corrected chi connectivity index (χ1v) is 6.86. The Morgan fingerprint density at radius 3 is 2.16 bits per heavy atom. The topological polar surface area (TPSA) is 49.3 Å². The molecule has 25 heavy (non-hydrogen) atoms. The van der Waals surface area contributed by atoms with Gasteiger partial charge in [0.2, 0.25) is 0 Å². The SMILES string of the molecule is O=C(Nc1cc(C(F)(F)F)ccc1C(F)(F)F)c1c(O)cccc1Cl. The van der Waals surface area contributed by atoms with E-state index in [9.17, 15) is 36.2 Å². The zero-order chi connectivity index (χ0) is 19.0. The summed E-state index contributed by atoms with van der Waals surface area (Å²) in [4.78, 5) is 12.1. The van der Waals surface area contributed by atoms with Crippen LogP contribution in [0.4, 0.5) is 32.0 Å². The standard InChI is InChI=1S/C15H8ClF6NO2/c16-9-2-1-3-11(24)12(9)13(25)23-10-6-7(14(17,18)19)4-5-8(10)15(20,21)22/h1-6,24H,(H,23,25). The predicted octanol–water partition coefficient (Wildman–Crippen LogP) is 5.34. The van der Waals surface area contributed by atoms with Crippen molar-refractivity contribution in [2.75, 3.05) is 5.32 Å². The van der Waals surface area contributed by atoms with Crippen molar-refractivity contribution < 1.29 is 36.2 Å². The Bertz CT molecular complexity index is 796. The minimum Gasteiger partial charge on any atom is -0.507 e. The number of carbonyl (C=O) groups excluding carboxylic acids is 1. The number of benzene rings is 2. The number of carbonyl (C=O) groups is 1. The molecule has 3 nitrogen and oxygen atoms in total. The third kappa shape index (κ3) is 4.16. The molecule has 0 saturated heterocycles. The van der Waals surface area contributed by atoms with E-state index in [2.05, 4.69) is 0 Å². The number of anilines is 1. The van der Waals surface area contributed by atoms with Crippen LogP contribution < -0.4 is 5.32 Å². The van der Waals surface area contributed by atoms with Crippen LogP contribution in [0.15, 0.2) is 36.4 Å². The Morgan fingerprint density at radius 2 is 1.64 bits per heavy atom. The molecule has 134 valence electrons. The highest BCUT2D eigenvalue weighted by atomic mass is 35.5. The van der Waals surface area contributed by atoms with Crippen molar-refractivity contribution >= 4 is 23.2 Å². The number of rotatable bonds is 2. The molecular formula is C15H8ClF6NO2. The third-order valence-corrected chi connectivity index (χ3v) is 3.43. The Kier molecular flexibility index (Phi) is 4.90. The Hall–Kier alpha value is -2.42. The first-order valence-electron chi connectivity index (χ1n) is 6.48. The molecule has 0 aliphatic carbocycles. The van der Waals surface area contributed by atoms with Crippen molar-refractivity contribution in [3.05, 3.63) is 58.1 Å². The van der Waals surface area contributed by atoms with Gasteiger partial charge >= 0.3 is 12.4 Å². The summed E-state index contributed by atoms with van der Waals surface area (Å²) < 4.78 is 77.1. The molecule has 0 aromatic heterocycles. The number of amides is 1. The average Bonchev–Trinajstić information content (AvgIpc) is 2.44. The maximum atomic E-state index is 13.0. The van der Waals surface area contributed by atoms with Gasteiger partial charge in [0.15, 0.2) is 0 Å². The minimum absolute atomic E-state index is 0.161. The van der Waals surface area contributed by atoms with Gasteiger partial charge in [0.1, 0.15) is 11.3 Å². The number of alkyl halides is 6. The molecule has 10 heteroatoms. The molecule has 0 aliphatic heterocycles. The lowest BCUT2D eigenvalue weighted by Gasteiger charge is -2.17. The van der Waals surface area contributed by atoms with E-state index in [1.165, 1.54) is 12.1 Å². The molecule has 2 rings (SSSR count). The molecule has 0 spiro atoms. The quantitative estimate of drug-likeness (QED) is 0.688. The molecule has 0 radical (unpaired) electrons. The van der Waals surface area contributed by atoms with E-state index in [-0.39, 0.29) is 23.2 Å². The lowest BCUT2D eigenvalue weighted by Crippen LogP contribution is -2.18. The Balaban J connectivity index is 2.51. The highest BCUT2D eigenvalue weighted by Crippen LogP contribution is 2.39. The van der Waals surface area contributed by atoms with Crippen LogP contribution in [0, 0.1) is 0 Å². The molecule has 1 amide bonds. The van der Waals surface area contributed by atoms with Gasteiger partial charge in [-0.25, -0.2) is 0 Å². The van der Waals surface area contributed by atoms with E-state index in [4.69, 9.17) is 11.6 Å². The van der Waals surface area contributed by atoms with Gasteiger partial charge in [0.25, 0.3) is 5.91 Å². The number of halogens is 7. The van der Waals surface area contributed by atoms with E-state index in [1.54, 1.807) is 5.32 Å². The molecular weight excluding hydrogens is 376 g/mol. The molecule has 0 unspecified atom stereocenters. The van der Waals surface area contributed by atoms with Gasteiger partial charge in [-0.05, 0) is 30.3 Å². The van der Waals surface area contributed by atoms with Crippen LogP contribution in [0.1, 0.15) is 21.5 Å². The van der Waals surface area contributed by atoms with Crippen LogP contribution in [0.25, 0.3) is 0 Å². The average molecular weight is 384 g/mol. The summed E-state index contributed by atoms with van der Waals surface area (Å²) in [5.74, 6) is -1.92. The van der Waals surface area contributed by atoms with Crippen LogP contribution in [0.3, 0.4) is 0 Å². The largest absolute Gasteiger partial charge is 0.507 e. The summed E-state index contributed by atoms with van der Waals surface area (Å²) in [5, 5.41) is 11.0. The van der Waals surface area contributed by atoms with Gasteiger partial charge in [0.05, 0.1) is 21.8 Å². The maximum absolute atomic E-state index is 13.0. The highest BCUT2D eigenvalue weighted by Gasteiger charge is 2.37. The van der Waals surface area contributed by atoms with Gasteiger partial charge in [0, 0.05) is 0 Å². The number of phenols is 1. The van der Waals surface area contributed by atoms with Gasteiger partial charge < -0.3 is 10.4 Å². The second-order valence-electron chi connectivity index (χ2n) is 4.84. The van der Waals surface area contributed by atoms with Gasteiger partial charge in [-0.1, -0.05) is 17.7 Å². The van der Waals surface area contributed by atoms with E-state index >= 15 is 0 Å². The van der Waals surface area contributed by atoms with E-state index in [1.807, 2.05) is 0 Å². The van der Waals surface area contributed by atoms with Crippen LogP contribution in [-0.2, 0) is 12.4 Å². The summed E-state index contributed by atoms with van der Waals surface area (Å²) in [7, 11) is 0. The van der Waals surface area contributed by atoms with E-state index in [0.717, 1.165) is 6.07 Å². The smallest absolute Gasteiger partial charge is 0.418 e. The predicted molar refractivity (Wildman–Crippen MR) is 77.5 cm³/mol. The monoisotopic (exact) mass is 383 g/mol. The van der Waals surface area contributed by atoms with E-state index in [0.29, 0.717) is 0 Å². The lowest BCUT2D eigenvalue weighted by atomic mass is 10.1. The van der Waals surface area contributed by atoms with Crippen LogP contribution in [0.2, 0.25) is 5.02 Å². The molecule has 0 fully saturated rings. The van der Waals surface area contributed by atoms with Crippen molar-refractivity contribution in [2.24, 2.45) is 0 Å². The summed E-state index contributed by atoms with van der Waals surface area (Å²) in [6, 6.07) is 4.15. The second-order valence-corrected chi connectivity index (χ2v) is 5.25. The molecule has 0 heterocycles. The fourth-order valence-electron chi connectivity index (χ4n) is 1.99. The fourth-order valence-corrected chi connectivity index (χ4v) is 2.25. The van der Waals surface area contributed by atoms with Crippen molar-refractivity contribution in [2.45, 2.75) is 12.4 Å². The number of phenolic OH excluding ortho intramolecular Hbond substituents is 1. The van der Waals surface area contributed by atoms with Crippen molar-refractivity contribution in [3.8, 4) is 5.75 Å². The van der Waals surface area contributed by atoms with Crippen molar-refractivity contribution in [3.63, 3.8) is 0 Å². The highest BCUT2D eigenvalue weighted by molar-refractivity contribution is 6.34. The van der Waals surface area contributed by atoms with Crippen LogP contribution in [0.5, 0.6) is 5.75 Å². The summed E-state index contributed by atoms with van der Waals surface area (Å²) in [6.07, 6.45) is -9.91. The lowest BCUT2D eigenvalue weighted by molar-refractivity contribution is -0.140. The zero-order valence-electron chi connectivity index (χ0n) is 12.0. The Labute approximate surface area is 141 Å². The molecule has 2 aromatic rings. The first kappa shape index (κ1) is 18.9. The molecule has 0 saturated carbocycles. The molecule has 0 bridgehead atoms. The Morgan fingerprint density at radius 1 is 1.00 bits per heavy atom. The van der Waals surface area contributed by atoms with Gasteiger partial charge in [-0.3, -0.25) is 4.79 Å². The summed E-state index contributed by atoms with van der Waals surface area (Å²) >= 11 is 5.70. The number of aromatic hydroxyl groups is 1. The molecule has 0 aliphatic rings. The molecule has 2 N–H and O–H groups in total. The number of hydrogen-bond donors (Lipinski definition) is 2.